The molecule has 0 amide bonds. The predicted molar refractivity (Wildman–Crippen MR) is 70.1 cm³/mol. The van der Waals surface area contributed by atoms with E-state index < -0.39 is 0 Å². The maximum absolute atomic E-state index is 11.6. The lowest BCUT2D eigenvalue weighted by Crippen LogP contribution is -2.30. The van der Waals surface area contributed by atoms with Crippen molar-refractivity contribution >= 4 is 17.6 Å². The zero-order valence-electron chi connectivity index (χ0n) is 11.0. The molecule has 0 aromatic carbocycles. The molecule has 1 aliphatic carbocycles. The van der Waals surface area contributed by atoms with Crippen LogP contribution in [0.25, 0.3) is 0 Å². The highest BCUT2D eigenvalue weighted by Crippen LogP contribution is 2.29. The molecular formula is C13H14ClN3O3. The first-order valence-electron chi connectivity index (χ1n) is 6.31. The van der Waals surface area contributed by atoms with Gasteiger partial charge in [-0.25, -0.2) is 9.97 Å². The van der Waals surface area contributed by atoms with Gasteiger partial charge in [-0.3, -0.25) is 4.79 Å². The fourth-order valence-corrected chi connectivity index (χ4v) is 2.46. The third kappa shape index (κ3) is 3.36. The summed E-state index contributed by atoms with van der Waals surface area (Å²) in [5.74, 6) is -0.0731. The van der Waals surface area contributed by atoms with E-state index in [0.717, 1.165) is 19.3 Å². The van der Waals surface area contributed by atoms with E-state index in [4.69, 9.17) is 26.3 Å². The summed E-state index contributed by atoms with van der Waals surface area (Å²) in [7, 11) is 1.38. The predicted octanol–water partition coefficient (Wildman–Crippen LogP) is 2.11. The molecule has 7 heteroatoms. The average Bonchev–Trinajstić information content (AvgIpc) is 2.48. The van der Waals surface area contributed by atoms with Crippen molar-refractivity contribution in [2.75, 3.05) is 7.11 Å². The molecule has 0 N–H and O–H groups in total. The number of nitriles is 1. The Kier molecular flexibility index (Phi) is 4.74. The van der Waals surface area contributed by atoms with Crippen molar-refractivity contribution in [2.45, 2.75) is 31.8 Å². The molecule has 6 nitrogen and oxygen atoms in total. The van der Waals surface area contributed by atoms with Gasteiger partial charge in [-0.15, -0.1) is 0 Å². The summed E-state index contributed by atoms with van der Waals surface area (Å²) in [5.41, 5.74) is 0.102. The second kappa shape index (κ2) is 6.53. The van der Waals surface area contributed by atoms with Gasteiger partial charge in [0.2, 0.25) is 5.28 Å². The Hall–Kier alpha value is -1.87. The van der Waals surface area contributed by atoms with Crippen LogP contribution in [0.15, 0.2) is 6.20 Å². The van der Waals surface area contributed by atoms with Gasteiger partial charge in [-0.1, -0.05) is 0 Å². The number of ether oxygens (including phenoxy) is 2. The van der Waals surface area contributed by atoms with Crippen LogP contribution < -0.4 is 4.74 Å². The lowest BCUT2D eigenvalue weighted by molar-refractivity contribution is -0.147. The van der Waals surface area contributed by atoms with Crippen LogP contribution in [0.1, 0.15) is 31.4 Å². The summed E-state index contributed by atoms with van der Waals surface area (Å²) in [6, 6.07) is 1.92. The minimum atomic E-state index is -0.217. The Labute approximate surface area is 121 Å². The second-order valence-corrected chi connectivity index (χ2v) is 4.93. The van der Waals surface area contributed by atoms with Crippen LogP contribution >= 0.6 is 11.6 Å². The minimum Gasteiger partial charge on any atom is -0.486 e. The summed E-state index contributed by atoms with van der Waals surface area (Å²) in [6.45, 7) is 0. The van der Waals surface area contributed by atoms with E-state index in [1.165, 1.54) is 13.3 Å². The Morgan fingerprint density at radius 1 is 1.55 bits per heavy atom. The molecule has 0 spiro atoms. The Bertz CT molecular complexity index is 544. The lowest BCUT2D eigenvalue weighted by atomic mass is 9.87. The van der Waals surface area contributed by atoms with E-state index in [1.54, 1.807) is 0 Å². The maximum atomic E-state index is 11.6. The Morgan fingerprint density at radius 2 is 2.35 bits per heavy atom. The first-order chi connectivity index (χ1) is 9.63. The number of hydrogen-bond acceptors (Lipinski definition) is 6. The van der Waals surface area contributed by atoms with Crippen molar-refractivity contribution in [3.8, 4) is 11.8 Å². The van der Waals surface area contributed by atoms with E-state index >= 15 is 0 Å². The Balaban J connectivity index is 2.07. The molecule has 0 bridgehead atoms. The third-order valence-electron chi connectivity index (χ3n) is 3.29. The highest BCUT2D eigenvalue weighted by molar-refractivity contribution is 6.28. The highest BCUT2D eigenvalue weighted by atomic mass is 35.5. The molecule has 0 aliphatic heterocycles. The first kappa shape index (κ1) is 14.5. The molecule has 1 saturated carbocycles. The summed E-state index contributed by atoms with van der Waals surface area (Å²) < 4.78 is 10.5. The number of halogens is 1. The summed E-state index contributed by atoms with van der Waals surface area (Å²) in [6.07, 6.45) is 4.30. The summed E-state index contributed by atoms with van der Waals surface area (Å²) in [4.78, 5) is 19.2. The topological polar surface area (TPSA) is 85.1 Å². The normalized spacial score (nSPS) is 21.9. The smallest absolute Gasteiger partial charge is 0.308 e. The number of nitrogens with zero attached hydrogens (tertiary/aromatic N) is 3. The monoisotopic (exact) mass is 295 g/mol. The molecule has 0 unspecified atom stereocenters. The van der Waals surface area contributed by atoms with E-state index in [2.05, 4.69) is 9.97 Å². The zero-order valence-corrected chi connectivity index (χ0v) is 11.8. The fourth-order valence-electron chi connectivity index (χ4n) is 2.33. The average molecular weight is 296 g/mol. The van der Waals surface area contributed by atoms with Gasteiger partial charge in [-0.2, -0.15) is 5.26 Å². The number of hydrogen-bond donors (Lipinski definition) is 0. The highest BCUT2D eigenvalue weighted by Gasteiger charge is 2.29. The summed E-state index contributed by atoms with van der Waals surface area (Å²) >= 11 is 5.63. The van der Waals surface area contributed by atoms with Gasteiger partial charge in [0.15, 0.2) is 11.4 Å². The van der Waals surface area contributed by atoms with Gasteiger partial charge in [-0.05, 0) is 37.3 Å². The van der Waals surface area contributed by atoms with Crippen molar-refractivity contribution in [3.05, 3.63) is 17.2 Å². The van der Waals surface area contributed by atoms with E-state index in [0.29, 0.717) is 12.2 Å². The van der Waals surface area contributed by atoms with Crippen LogP contribution in [0.3, 0.4) is 0 Å². The fraction of sp³-hybridized carbons (Fsp3) is 0.538. The van der Waals surface area contributed by atoms with Crippen LogP contribution in [0.4, 0.5) is 0 Å². The zero-order chi connectivity index (χ0) is 14.5. The van der Waals surface area contributed by atoms with Crippen LogP contribution in [0.2, 0.25) is 5.28 Å². The first-order valence-corrected chi connectivity index (χ1v) is 6.69. The standard InChI is InChI=1S/C13H14ClN3O3/c1-19-12(18)8-3-2-4-9(5-8)20-11-7-16-13(14)17-10(11)6-15/h7-9H,2-5H2,1H3/t8-,9-/m0/s1. The van der Waals surface area contributed by atoms with Crippen LogP contribution in [-0.2, 0) is 9.53 Å². The number of esters is 1. The van der Waals surface area contributed by atoms with Gasteiger partial charge < -0.3 is 9.47 Å². The van der Waals surface area contributed by atoms with Crippen molar-refractivity contribution < 1.29 is 14.3 Å². The molecule has 2 atom stereocenters. The molecule has 2 rings (SSSR count). The molecule has 106 valence electrons. The van der Waals surface area contributed by atoms with Crippen LogP contribution in [0, 0.1) is 17.2 Å². The van der Waals surface area contributed by atoms with Gasteiger partial charge in [0.05, 0.1) is 25.3 Å². The molecule has 1 aliphatic rings. The number of rotatable bonds is 3. The molecule has 1 aromatic heterocycles. The van der Waals surface area contributed by atoms with Gasteiger partial charge in [0.25, 0.3) is 0 Å². The minimum absolute atomic E-state index is 0.00461. The number of aromatic nitrogens is 2. The van der Waals surface area contributed by atoms with Crippen LogP contribution in [-0.4, -0.2) is 29.2 Å². The van der Waals surface area contributed by atoms with Crippen molar-refractivity contribution in [3.63, 3.8) is 0 Å². The van der Waals surface area contributed by atoms with Gasteiger partial charge in [0, 0.05) is 0 Å². The maximum Gasteiger partial charge on any atom is 0.308 e. The number of carbonyl (C=O) groups is 1. The molecule has 1 heterocycles. The van der Waals surface area contributed by atoms with E-state index in [-0.39, 0.29) is 29.0 Å². The van der Waals surface area contributed by atoms with Gasteiger partial charge in [0.1, 0.15) is 6.07 Å². The molecule has 20 heavy (non-hydrogen) atoms. The van der Waals surface area contributed by atoms with Gasteiger partial charge >= 0.3 is 5.97 Å². The SMILES string of the molecule is COC(=O)[C@H]1CCC[C@H](Oc2cnc(Cl)nc2C#N)C1. The van der Waals surface area contributed by atoms with Crippen molar-refractivity contribution in [1.82, 2.24) is 9.97 Å². The lowest BCUT2D eigenvalue weighted by Gasteiger charge is -2.27. The molecular weight excluding hydrogens is 282 g/mol. The largest absolute Gasteiger partial charge is 0.486 e. The second-order valence-electron chi connectivity index (χ2n) is 4.59. The van der Waals surface area contributed by atoms with E-state index in [1.807, 2.05) is 6.07 Å². The molecule has 1 aromatic rings. The molecule has 0 saturated heterocycles. The molecule has 0 radical (unpaired) electrons. The number of methoxy groups -OCH3 is 1. The quantitative estimate of drug-likeness (QED) is 0.627. The van der Waals surface area contributed by atoms with Crippen LogP contribution in [0.5, 0.6) is 5.75 Å². The van der Waals surface area contributed by atoms with Crippen molar-refractivity contribution in [1.29, 1.82) is 5.26 Å². The summed E-state index contributed by atoms with van der Waals surface area (Å²) in [5, 5.41) is 9.00. The molecule has 1 fully saturated rings. The number of carbonyl (C=O) groups excluding carboxylic acids is 1. The van der Waals surface area contributed by atoms with E-state index in [9.17, 15) is 4.79 Å². The Morgan fingerprint density at radius 3 is 3.05 bits per heavy atom. The third-order valence-corrected chi connectivity index (χ3v) is 3.47. The van der Waals surface area contributed by atoms with Crippen molar-refractivity contribution in [2.24, 2.45) is 5.92 Å².